The number of hydrogen-bond acceptors (Lipinski definition) is 5. The fourth-order valence-electron chi connectivity index (χ4n) is 2.17. The van der Waals surface area contributed by atoms with Gasteiger partial charge in [0.2, 0.25) is 0 Å². The van der Waals surface area contributed by atoms with Gasteiger partial charge in [-0.1, -0.05) is 30.3 Å². The van der Waals surface area contributed by atoms with Crippen molar-refractivity contribution in [1.29, 1.82) is 0 Å². The highest BCUT2D eigenvalue weighted by Crippen LogP contribution is 2.26. The van der Waals surface area contributed by atoms with Crippen molar-refractivity contribution in [2.45, 2.75) is 6.04 Å². The van der Waals surface area contributed by atoms with Crippen LogP contribution in [0.4, 0.5) is 5.69 Å². The standard InChI is InChI=1S/C17H18N2O4/c1-23-17(22)15(10-20)19-16(21)13-8-7-12(18)9-14(13)11-5-3-2-4-6-11/h2-9,15,20H,10,18H2,1H3,(H,19,21)/t15-/m1/s1. The lowest BCUT2D eigenvalue weighted by Crippen LogP contribution is -2.44. The number of hydrogen-bond donors (Lipinski definition) is 3. The third kappa shape index (κ3) is 3.87. The predicted octanol–water partition coefficient (Wildman–Crippen LogP) is 1.20. The van der Waals surface area contributed by atoms with Crippen LogP contribution in [0.3, 0.4) is 0 Å². The zero-order valence-corrected chi connectivity index (χ0v) is 12.7. The number of methoxy groups -OCH3 is 1. The third-order valence-electron chi connectivity index (χ3n) is 3.35. The van der Waals surface area contributed by atoms with Crippen molar-refractivity contribution in [3.05, 3.63) is 54.1 Å². The Morgan fingerprint density at radius 2 is 1.91 bits per heavy atom. The van der Waals surface area contributed by atoms with E-state index < -0.39 is 24.5 Å². The smallest absolute Gasteiger partial charge is 0.330 e. The number of anilines is 1. The Morgan fingerprint density at radius 3 is 2.52 bits per heavy atom. The van der Waals surface area contributed by atoms with Crippen LogP contribution in [0.2, 0.25) is 0 Å². The van der Waals surface area contributed by atoms with Gasteiger partial charge in [0, 0.05) is 11.3 Å². The van der Waals surface area contributed by atoms with E-state index in [9.17, 15) is 14.7 Å². The molecule has 0 saturated carbocycles. The number of ether oxygens (including phenoxy) is 1. The van der Waals surface area contributed by atoms with Gasteiger partial charge in [-0.25, -0.2) is 4.79 Å². The topological polar surface area (TPSA) is 102 Å². The molecule has 0 aliphatic rings. The Hall–Kier alpha value is -2.86. The highest BCUT2D eigenvalue weighted by atomic mass is 16.5. The normalized spacial score (nSPS) is 11.6. The van der Waals surface area contributed by atoms with E-state index in [1.165, 1.54) is 7.11 Å². The summed E-state index contributed by atoms with van der Waals surface area (Å²) in [5.74, 6) is -1.20. The van der Waals surface area contributed by atoms with Crippen molar-refractivity contribution in [3.8, 4) is 11.1 Å². The van der Waals surface area contributed by atoms with Gasteiger partial charge in [0.25, 0.3) is 5.91 Å². The Labute approximate surface area is 133 Å². The lowest BCUT2D eigenvalue weighted by Gasteiger charge is -2.16. The van der Waals surface area contributed by atoms with Gasteiger partial charge in [-0.3, -0.25) is 4.79 Å². The molecule has 6 nitrogen and oxygen atoms in total. The molecule has 0 bridgehead atoms. The average molecular weight is 314 g/mol. The van der Waals surface area contributed by atoms with E-state index >= 15 is 0 Å². The van der Waals surface area contributed by atoms with Crippen LogP contribution in [-0.4, -0.2) is 36.7 Å². The first-order chi connectivity index (χ1) is 11.1. The number of aliphatic hydroxyl groups is 1. The first-order valence-corrected chi connectivity index (χ1v) is 7.01. The number of esters is 1. The lowest BCUT2D eigenvalue weighted by atomic mass is 9.98. The van der Waals surface area contributed by atoms with E-state index in [0.717, 1.165) is 5.56 Å². The summed E-state index contributed by atoms with van der Waals surface area (Å²) in [5, 5.41) is 11.7. The number of carbonyl (C=O) groups excluding carboxylic acids is 2. The fourth-order valence-corrected chi connectivity index (χ4v) is 2.17. The fraction of sp³-hybridized carbons (Fsp3) is 0.176. The van der Waals surface area contributed by atoms with Crippen molar-refractivity contribution in [2.75, 3.05) is 19.5 Å². The molecule has 2 rings (SSSR count). The summed E-state index contributed by atoms with van der Waals surface area (Å²) in [6, 6.07) is 13.0. The minimum absolute atomic E-state index is 0.354. The van der Waals surface area contributed by atoms with Crippen molar-refractivity contribution in [2.24, 2.45) is 0 Å². The summed E-state index contributed by atoms with van der Waals surface area (Å²) >= 11 is 0. The molecule has 23 heavy (non-hydrogen) atoms. The van der Waals surface area contributed by atoms with Crippen molar-refractivity contribution in [3.63, 3.8) is 0 Å². The number of nitrogens with one attached hydrogen (secondary N) is 1. The average Bonchev–Trinajstić information content (AvgIpc) is 2.59. The van der Waals surface area contributed by atoms with E-state index in [2.05, 4.69) is 10.1 Å². The van der Waals surface area contributed by atoms with Crippen LogP contribution < -0.4 is 11.1 Å². The van der Waals surface area contributed by atoms with Gasteiger partial charge in [-0.15, -0.1) is 0 Å². The summed E-state index contributed by atoms with van der Waals surface area (Å²) in [5.41, 5.74) is 8.16. The molecule has 4 N–H and O–H groups in total. The van der Waals surface area contributed by atoms with E-state index in [0.29, 0.717) is 16.8 Å². The second-order valence-corrected chi connectivity index (χ2v) is 4.90. The molecule has 0 aliphatic carbocycles. The Bertz CT molecular complexity index is 701. The predicted molar refractivity (Wildman–Crippen MR) is 86.6 cm³/mol. The molecule has 0 radical (unpaired) electrons. The highest BCUT2D eigenvalue weighted by Gasteiger charge is 2.22. The molecule has 1 atom stereocenters. The van der Waals surface area contributed by atoms with Gasteiger partial charge < -0.3 is 20.9 Å². The van der Waals surface area contributed by atoms with Gasteiger partial charge in [0.15, 0.2) is 6.04 Å². The first-order valence-electron chi connectivity index (χ1n) is 7.01. The third-order valence-corrected chi connectivity index (χ3v) is 3.35. The second kappa shape index (κ2) is 7.42. The first kappa shape index (κ1) is 16.5. The molecular formula is C17H18N2O4. The minimum Gasteiger partial charge on any atom is -0.467 e. The minimum atomic E-state index is -1.12. The van der Waals surface area contributed by atoms with Gasteiger partial charge in [0.05, 0.1) is 13.7 Å². The number of aliphatic hydroxyl groups excluding tert-OH is 1. The van der Waals surface area contributed by atoms with Crippen LogP contribution in [0, 0.1) is 0 Å². The molecule has 0 unspecified atom stereocenters. The number of amides is 1. The Kier molecular flexibility index (Phi) is 5.32. The Morgan fingerprint density at radius 1 is 1.22 bits per heavy atom. The van der Waals surface area contributed by atoms with Crippen LogP contribution in [0.1, 0.15) is 10.4 Å². The monoisotopic (exact) mass is 314 g/mol. The quantitative estimate of drug-likeness (QED) is 0.568. The molecule has 2 aromatic carbocycles. The highest BCUT2D eigenvalue weighted by molar-refractivity contribution is 6.03. The Balaban J connectivity index is 2.36. The van der Waals surface area contributed by atoms with Crippen LogP contribution in [0.15, 0.2) is 48.5 Å². The summed E-state index contributed by atoms with van der Waals surface area (Å²) in [7, 11) is 1.19. The van der Waals surface area contributed by atoms with Crippen LogP contribution in [0.5, 0.6) is 0 Å². The van der Waals surface area contributed by atoms with Crippen molar-refractivity contribution in [1.82, 2.24) is 5.32 Å². The van der Waals surface area contributed by atoms with E-state index in [-0.39, 0.29) is 0 Å². The zero-order chi connectivity index (χ0) is 16.8. The zero-order valence-electron chi connectivity index (χ0n) is 12.7. The van der Waals surface area contributed by atoms with E-state index in [4.69, 9.17) is 5.73 Å². The number of carbonyl (C=O) groups is 2. The summed E-state index contributed by atoms with van der Waals surface area (Å²) < 4.78 is 4.54. The molecule has 0 aromatic heterocycles. The van der Waals surface area contributed by atoms with Gasteiger partial charge >= 0.3 is 5.97 Å². The number of benzene rings is 2. The van der Waals surface area contributed by atoms with E-state index in [1.807, 2.05) is 30.3 Å². The lowest BCUT2D eigenvalue weighted by molar-refractivity contribution is -0.143. The van der Waals surface area contributed by atoms with Crippen LogP contribution in [-0.2, 0) is 9.53 Å². The maximum atomic E-state index is 12.5. The second-order valence-electron chi connectivity index (χ2n) is 4.90. The molecular weight excluding hydrogens is 296 g/mol. The molecule has 2 aromatic rings. The van der Waals surface area contributed by atoms with Gasteiger partial charge in [-0.05, 0) is 29.3 Å². The van der Waals surface area contributed by atoms with Gasteiger partial charge in [0.1, 0.15) is 0 Å². The summed E-state index contributed by atoms with van der Waals surface area (Å²) in [4.78, 5) is 24.0. The number of rotatable bonds is 5. The maximum Gasteiger partial charge on any atom is 0.330 e. The number of nitrogens with two attached hydrogens (primary N) is 1. The molecule has 0 saturated heterocycles. The maximum absolute atomic E-state index is 12.5. The molecule has 120 valence electrons. The molecule has 0 aliphatic heterocycles. The molecule has 0 fully saturated rings. The molecule has 0 spiro atoms. The molecule has 6 heteroatoms. The summed E-state index contributed by atoms with van der Waals surface area (Å²) in [6.07, 6.45) is 0. The molecule has 1 amide bonds. The molecule has 0 heterocycles. The van der Waals surface area contributed by atoms with Crippen LogP contribution in [0.25, 0.3) is 11.1 Å². The van der Waals surface area contributed by atoms with Crippen LogP contribution >= 0.6 is 0 Å². The van der Waals surface area contributed by atoms with Crippen molar-refractivity contribution < 1.29 is 19.4 Å². The van der Waals surface area contributed by atoms with E-state index in [1.54, 1.807) is 18.2 Å². The van der Waals surface area contributed by atoms with Crippen molar-refractivity contribution >= 4 is 17.6 Å². The van der Waals surface area contributed by atoms with Gasteiger partial charge in [-0.2, -0.15) is 0 Å². The largest absolute Gasteiger partial charge is 0.467 e. The number of nitrogen functional groups attached to an aromatic ring is 1. The SMILES string of the molecule is COC(=O)[C@@H](CO)NC(=O)c1ccc(N)cc1-c1ccccc1. The summed E-state index contributed by atoms with van der Waals surface area (Å²) in [6.45, 7) is -0.548.